The van der Waals surface area contributed by atoms with Gasteiger partial charge < -0.3 is 10.3 Å². The van der Waals surface area contributed by atoms with Crippen LogP contribution in [0.3, 0.4) is 0 Å². The van der Waals surface area contributed by atoms with Crippen LogP contribution >= 0.6 is 22.6 Å². The zero-order chi connectivity index (χ0) is 12.5. The Morgan fingerprint density at radius 3 is 2.72 bits per heavy atom. The van der Waals surface area contributed by atoms with Crippen LogP contribution in [0.15, 0.2) is 36.7 Å². The molecule has 90 valence electrons. The van der Waals surface area contributed by atoms with E-state index in [9.17, 15) is 0 Å². The highest BCUT2D eigenvalue weighted by Crippen LogP contribution is 2.17. The normalized spacial score (nSPS) is 10.9. The molecule has 6 heteroatoms. The number of hydrogen-bond acceptors (Lipinski definition) is 4. The zero-order valence-corrected chi connectivity index (χ0v) is 11.6. The number of aromatic nitrogens is 4. The molecule has 2 N–H and O–H groups in total. The fourth-order valence-electron chi connectivity index (χ4n) is 1.82. The molecule has 0 unspecified atom stereocenters. The lowest BCUT2D eigenvalue weighted by Gasteiger charge is -2.04. The molecule has 0 saturated carbocycles. The van der Waals surface area contributed by atoms with Gasteiger partial charge in [-0.2, -0.15) is 4.98 Å². The summed E-state index contributed by atoms with van der Waals surface area (Å²) >= 11 is 2.12. The van der Waals surface area contributed by atoms with Crippen molar-refractivity contribution in [1.29, 1.82) is 0 Å². The summed E-state index contributed by atoms with van der Waals surface area (Å²) in [7, 11) is 0. The predicted molar refractivity (Wildman–Crippen MR) is 78.0 cm³/mol. The minimum Gasteiger partial charge on any atom is -0.368 e. The molecule has 18 heavy (non-hydrogen) atoms. The van der Waals surface area contributed by atoms with Crippen molar-refractivity contribution >= 4 is 39.7 Å². The van der Waals surface area contributed by atoms with Gasteiger partial charge in [-0.15, -0.1) is 0 Å². The molecule has 3 rings (SSSR count). The Bertz CT molecular complexity index is 692. The van der Waals surface area contributed by atoms with E-state index in [1.165, 1.54) is 5.56 Å². The average Bonchev–Trinajstić information content (AvgIpc) is 2.74. The lowest BCUT2D eigenvalue weighted by atomic mass is 10.2. The van der Waals surface area contributed by atoms with Crippen molar-refractivity contribution < 1.29 is 0 Å². The molecule has 0 atom stereocenters. The van der Waals surface area contributed by atoms with Gasteiger partial charge in [0.05, 0.1) is 12.9 Å². The molecule has 0 aliphatic carbocycles. The fraction of sp³-hybridized carbons (Fsp3) is 0.0833. The monoisotopic (exact) mass is 351 g/mol. The molecular weight excluding hydrogens is 341 g/mol. The van der Waals surface area contributed by atoms with Crippen LogP contribution in [0.25, 0.3) is 11.2 Å². The first-order chi connectivity index (χ1) is 8.74. The third-order valence-electron chi connectivity index (χ3n) is 2.63. The summed E-state index contributed by atoms with van der Waals surface area (Å²) in [5, 5.41) is 0. The van der Waals surface area contributed by atoms with E-state index < -0.39 is 0 Å². The maximum atomic E-state index is 5.68. The number of halogens is 1. The molecule has 1 aromatic carbocycles. The van der Waals surface area contributed by atoms with Gasteiger partial charge in [0.15, 0.2) is 5.65 Å². The van der Waals surface area contributed by atoms with Crippen LogP contribution in [0.4, 0.5) is 5.95 Å². The van der Waals surface area contributed by atoms with Gasteiger partial charge in [0.2, 0.25) is 5.95 Å². The van der Waals surface area contributed by atoms with E-state index in [4.69, 9.17) is 5.73 Å². The number of fused-ring (bicyclic) bond motifs is 1. The first-order valence-corrected chi connectivity index (χ1v) is 6.49. The molecular formula is C12H10IN5. The van der Waals surface area contributed by atoms with Crippen LogP contribution in [0, 0.1) is 3.70 Å². The van der Waals surface area contributed by atoms with Crippen LogP contribution in [0.1, 0.15) is 5.56 Å². The number of nitrogens with zero attached hydrogens (tertiary/aromatic N) is 4. The fourth-order valence-corrected chi connectivity index (χ4v) is 2.45. The second-order valence-electron chi connectivity index (χ2n) is 3.90. The summed E-state index contributed by atoms with van der Waals surface area (Å²) in [4.78, 5) is 12.7. The smallest absolute Gasteiger partial charge is 0.223 e. The summed E-state index contributed by atoms with van der Waals surface area (Å²) in [6.45, 7) is 0.726. The highest BCUT2D eigenvalue weighted by atomic mass is 127. The van der Waals surface area contributed by atoms with E-state index in [1.54, 1.807) is 6.33 Å². The molecule has 3 aromatic rings. The van der Waals surface area contributed by atoms with Crippen molar-refractivity contribution in [3.8, 4) is 0 Å². The van der Waals surface area contributed by atoms with E-state index in [2.05, 4.69) is 49.7 Å². The highest BCUT2D eigenvalue weighted by molar-refractivity contribution is 14.1. The van der Waals surface area contributed by atoms with E-state index in [0.717, 1.165) is 21.4 Å². The molecule has 0 radical (unpaired) electrons. The molecule has 0 amide bonds. The Labute approximate surface area is 117 Å². The van der Waals surface area contributed by atoms with Crippen molar-refractivity contribution in [3.63, 3.8) is 0 Å². The summed E-state index contributed by atoms with van der Waals surface area (Å²) in [5.74, 6) is 0.279. The minimum atomic E-state index is 0.279. The number of benzene rings is 1. The number of nitrogen functional groups attached to an aromatic ring is 1. The van der Waals surface area contributed by atoms with Crippen molar-refractivity contribution in [1.82, 2.24) is 19.5 Å². The number of hydrogen-bond donors (Lipinski definition) is 1. The Hall–Kier alpha value is -1.70. The van der Waals surface area contributed by atoms with Gasteiger partial charge in [-0.05, 0) is 28.2 Å². The largest absolute Gasteiger partial charge is 0.368 e. The van der Waals surface area contributed by atoms with Crippen LogP contribution in [0.5, 0.6) is 0 Å². The molecule has 0 fully saturated rings. The van der Waals surface area contributed by atoms with Crippen molar-refractivity contribution in [2.75, 3.05) is 5.73 Å². The molecule has 0 spiro atoms. The van der Waals surface area contributed by atoms with Crippen LogP contribution in [-0.4, -0.2) is 19.5 Å². The Morgan fingerprint density at radius 1 is 1.17 bits per heavy atom. The first-order valence-electron chi connectivity index (χ1n) is 5.42. The summed E-state index contributed by atoms with van der Waals surface area (Å²) < 4.78 is 2.76. The van der Waals surface area contributed by atoms with E-state index in [-0.39, 0.29) is 5.95 Å². The second kappa shape index (κ2) is 4.52. The number of rotatable bonds is 2. The maximum Gasteiger partial charge on any atom is 0.223 e. The molecule has 5 nitrogen and oxygen atoms in total. The zero-order valence-electron chi connectivity index (χ0n) is 9.42. The Morgan fingerprint density at radius 2 is 1.94 bits per heavy atom. The third kappa shape index (κ3) is 2.03. The van der Waals surface area contributed by atoms with E-state index in [1.807, 2.05) is 22.8 Å². The number of anilines is 1. The van der Waals surface area contributed by atoms with Crippen molar-refractivity contribution in [3.05, 3.63) is 45.9 Å². The quantitative estimate of drug-likeness (QED) is 0.567. The first kappa shape index (κ1) is 11.4. The lowest BCUT2D eigenvalue weighted by Crippen LogP contribution is -2.03. The van der Waals surface area contributed by atoms with Gasteiger partial charge >= 0.3 is 0 Å². The standard InChI is InChI=1S/C12H10IN5/c13-10-9-11(17-12(14)16-10)18(7-15-9)6-8-4-2-1-3-5-8/h1-5,7H,6H2,(H2,14,16,17). The summed E-state index contributed by atoms with van der Waals surface area (Å²) in [6.07, 6.45) is 1.77. The SMILES string of the molecule is Nc1nc(I)c2ncn(Cc3ccccc3)c2n1. The molecule has 2 heterocycles. The third-order valence-corrected chi connectivity index (χ3v) is 3.39. The van der Waals surface area contributed by atoms with Crippen molar-refractivity contribution in [2.45, 2.75) is 6.54 Å². The van der Waals surface area contributed by atoms with Crippen LogP contribution in [0.2, 0.25) is 0 Å². The second-order valence-corrected chi connectivity index (χ2v) is 4.92. The van der Waals surface area contributed by atoms with Crippen LogP contribution < -0.4 is 5.73 Å². The summed E-state index contributed by atoms with van der Waals surface area (Å²) in [6, 6.07) is 10.2. The number of imidazole rings is 1. The minimum absolute atomic E-state index is 0.279. The molecule has 0 bridgehead atoms. The highest BCUT2D eigenvalue weighted by Gasteiger charge is 2.10. The predicted octanol–water partition coefficient (Wildman–Crippen LogP) is 2.06. The Kier molecular flexibility index (Phi) is 2.86. The average molecular weight is 351 g/mol. The van der Waals surface area contributed by atoms with Gasteiger partial charge in [0.25, 0.3) is 0 Å². The summed E-state index contributed by atoms with van der Waals surface area (Å²) in [5.41, 5.74) is 8.44. The van der Waals surface area contributed by atoms with Gasteiger partial charge in [0.1, 0.15) is 9.22 Å². The van der Waals surface area contributed by atoms with Crippen molar-refractivity contribution in [2.24, 2.45) is 0 Å². The van der Waals surface area contributed by atoms with Gasteiger partial charge in [-0.25, -0.2) is 9.97 Å². The maximum absolute atomic E-state index is 5.68. The van der Waals surface area contributed by atoms with E-state index in [0.29, 0.717) is 0 Å². The van der Waals surface area contributed by atoms with Crippen LogP contribution in [-0.2, 0) is 6.54 Å². The molecule has 0 saturated heterocycles. The molecule has 2 aromatic heterocycles. The Balaban J connectivity index is 2.08. The van der Waals surface area contributed by atoms with E-state index >= 15 is 0 Å². The van der Waals surface area contributed by atoms with Gasteiger partial charge in [-0.1, -0.05) is 30.3 Å². The molecule has 0 aliphatic rings. The lowest BCUT2D eigenvalue weighted by molar-refractivity contribution is 0.814. The molecule has 0 aliphatic heterocycles. The topological polar surface area (TPSA) is 69.6 Å². The number of nitrogens with two attached hydrogens (primary N) is 1. The van der Waals surface area contributed by atoms with Gasteiger partial charge in [-0.3, -0.25) is 0 Å². The van der Waals surface area contributed by atoms with Gasteiger partial charge in [0, 0.05) is 0 Å².